The summed E-state index contributed by atoms with van der Waals surface area (Å²) in [6, 6.07) is 5.12. The number of nitrogens with zero attached hydrogens (tertiary/aromatic N) is 4. The first-order valence-corrected chi connectivity index (χ1v) is 8.61. The number of nitro benzene ring substituents is 1. The third-order valence-corrected chi connectivity index (χ3v) is 5.08. The predicted molar refractivity (Wildman–Crippen MR) is 93.9 cm³/mol. The Labute approximate surface area is 148 Å². The van der Waals surface area contributed by atoms with Gasteiger partial charge in [0.1, 0.15) is 17.6 Å². The molecule has 24 heavy (non-hydrogen) atoms. The van der Waals surface area contributed by atoms with E-state index in [0.29, 0.717) is 29.1 Å². The van der Waals surface area contributed by atoms with Gasteiger partial charge in [0.25, 0.3) is 5.69 Å². The minimum absolute atomic E-state index is 0.104. The Kier molecular flexibility index (Phi) is 4.86. The molecule has 7 nitrogen and oxygen atoms in total. The van der Waals surface area contributed by atoms with Gasteiger partial charge in [-0.25, -0.2) is 4.98 Å². The second-order valence-electron chi connectivity index (χ2n) is 6.06. The SMILES string of the molecule is Cn1ccnc1C(O)C1CCN(c2ccc(Br)cc2[N+](=O)[O-])CC1. The largest absolute Gasteiger partial charge is 0.385 e. The first kappa shape index (κ1) is 16.9. The molecule has 0 radical (unpaired) electrons. The second kappa shape index (κ2) is 6.90. The van der Waals surface area contributed by atoms with Crippen LogP contribution in [0, 0.1) is 16.0 Å². The lowest BCUT2D eigenvalue weighted by atomic mass is 9.90. The van der Waals surface area contributed by atoms with Crippen LogP contribution in [0.3, 0.4) is 0 Å². The Balaban J connectivity index is 1.72. The zero-order chi connectivity index (χ0) is 17.3. The standard InChI is InChI=1S/C16H19BrN4O3/c1-19-9-6-18-16(19)15(22)11-4-7-20(8-5-11)13-3-2-12(17)10-14(13)21(23)24/h2-3,6,9-11,15,22H,4-5,7-8H2,1H3. The fourth-order valence-electron chi connectivity index (χ4n) is 3.24. The van der Waals surface area contributed by atoms with Crippen LogP contribution in [0.25, 0.3) is 0 Å². The van der Waals surface area contributed by atoms with E-state index in [2.05, 4.69) is 20.9 Å². The molecule has 0 spiro atoms. The van der Waals surface area contributed by atoms with Crippen LogP contribution < -0.4 is 4.90 Å². The molecule has 128 valence electrons. The van der Waals surface area contributed by atoms with Gasteiger partial charge >= 0.3 is 0 Å². The molecular weight excluding hydrogens is 376 g/mol. The molecule has 1 N–H and O–H groups in total. The number of nitro groups is 1. The predicted octanol–water partition coefficient (Wildman–Crippen LogP) is 3.04. The molecule has 1 aliphatic rings. The molecule has 1 aromatic carbocycles. The highest BCUT2D eigenvalue weighted by Crippen LogP contribution is 2.36. The van der Waals surface area contributed by atoms with Gasteiger partial charge in [0.2, 0.25) is 0 Å². The molecule has 0 aliphatic carbocycles. The fourth-order valence-corrected chi connectivity index (χ4v) is 3.59. The summed E-state index contributed by atoms with van der Waals surface area (Å²) in [5, 5.41) is 21.8. The zero-order valence-electron chi connectivity index (χ0n) is 13.3. The summed E-state index contributed by atoms with van der Waals surface area (Å²) in [4.78, 5) is 17.2. The number of aromatic nitrogens is 2. The lowest BCUT2D eigenvalue weighted by molar-refractivity contribution is -0.384. The number of hydrogen-bond acceptors (Lipinski definition) is 5. The molecule has 0 amide bonds. The van der Waals surface area contributed by atoms with Crippen molar-refractivity contribution in [1.82, 2.24) is 9.55 Å². The molecule has 3 rings (SSSR count). The third-order valence-electron chi connectivity index (χ3n) is 4.58. The third kappa shape index (κ3) is 3.29. The lowest BCUT2D eigenvalue weighted by Crippen LogP contribution is -2.36. The van der Waals surface area contributed by atoms with Crippen molar-refractivity contribution in [3.63, 3.8) is 0 Å². The number of benzene rings is 1. The van der Waals surface area contributed by atoms with Crippen molar-refractivity contribution in [1.29, 1.82) is 0 Å². The van der Waals surface area contributed by atoms with Crippen LogP contribution in [0.2, 0.25) is 0 Å². The van der Waals surface area contributed by atoms with E-state index in [1.165, 1.54) is 6.07 Å². The second-order valence-corrected chi connectivity index (χ2v) is 6.97. The molecule has 0 saturated carbocycles. The van der Waals surface area contributed by atoms with Gasteiger partial charge in [-0.15, -0.1) is 0 Å². The van der Waals surface area contributed by atoms with Crippen molar-refractivity contribution in [3.05, 3.63) is 51.0 Å². The molecule has 1 aliphatic heterocycles. The van der Waals surface area contributed by atoms with Gasteiger partial charge < -0.3 is 14.6 Å². The number of aryl methyl sites for hydroxylation is 1. The highest BCUT2D eigenvalue weighted by atomic mass is 79.9. The van der Waals surface area contributed by atoms with Gasteiger partial charge in [-0.05, 0) is 30.9 Å². The normalized spacial score (nSPS) is 17.0. The van der Waals surface area contributed by atoms with Crippen LogP contribution >= 0.6 is 15.9 Å². The Morgan fingerprint density at radius 2 is 2.12 bits per heavy atom. The average molecular weight is 395 g/mol. The van der Waals surface area contributed by atoms with Crippen LogP contribution in [0.15, 0.2) is 35.1 Å². The first-order valence-electron chi connectivity index (χ1n) is 7.81. The fraction of sp³-hybridized carbons (Fsp3) is 0.438. The molecule has 2 aromatic rings. The molecule has 1 unspecified atom stereocenters. The van der Waals surface area contributed by atoms with Crippen LogP contribution in [-0.4, -0.2) is 32.7 Å². The summed E-state index contributed by atoms with van der Waals surface area (Å²) in [6.45, 7) is 1.35. The van der Waals surface area contributed by atoms with E-state index in [4.69, 9.17) is 0 Å². The number of halogens is 1. The molecule has 1 fully saturated rings. The summed E-state index contributed by atoms with van der Waals surface area (Å²) >= 11 is 3.28. The topological polar surface area (TPSA) is 84.4 Å². The number of piperidine rings is 1. The van der Waals surface area contributed by atoms with Crippen LogP contribution in [0.1, 0.15) is 24.8 Å². The van der Waals surface area contributed by atoms with Crippen molar-refractivity contribution < 1.29 is 10.0 Å². The van der Waals surface area contributed by atoms with E-state index in [1.54, 1.807) is 12.3 Å². The van der Waals surface area contributed by atoms with E-state index < -0.39 is 6.10 Å². The number of imidazole rings is 1. The monoisotopic (exact) mass is 394 g/mol. The summed E-state index contributed by atoms with van der Waals surface area (Å²) in [7, 11) is 1.87. The first-order chi connectivity index (χ1) is 11.5. The lowest BCUT2D eigenvalue weighted by Gasteiger charge is -2.35. The van der Waals surface area contributed by atoms with Crippen LogP contribution in [-0.2, 0) is 7.05 Å². The Hall–Kier alpha value is -1.93. The number of aliphatic hydroxyl groups is 1. The minimum Gasteiger partial charge on any atom is -0.385 e. The Bertz CT molecular complexity index is 741. The van der Waals surface area contributed by atoms with E-state index in [0.717, 1.165) is 12.8 Å². The van der Waals surface area contributed by atoms with Crippen molar-refractivity contribution in [3.8, 4) is 0 Å². The van der Waals surface area contributed by atoms with Gasteiger partial charge in [-0.1, -0.05) is 15.9 Å². The maximum atomic E-state index is 11.3. The Morgan fingerprint density at radius 3 is 2.71 bits per heavy atom. The van der Waals surface area contributed by atoms with Crippen LogP contribution in [0.4, 0.5) is 11.4 Å². The summed E-state index contributed by atoms with van der Waals surface area (Å²) in [5.41, 5.74) is 0.737. The summed E-state index contributed by atoms with van der Waals surface area (Å²) < 4.78 is 2.52. The van der Waals surface area contributed by atoms with E-state index in [1.807, 2.05) is 28.8 Å². The molecule has 2 heterocycles. The van der Waals surface area contributed by atoms with Crippen molar-refractivity contribution in [2.24, 2.45) is 13.0 Å². The maximum Gasteiger partial charge on any atom is 0.293 e. The molecule has 1 aromatic heterocycles. The minimum atomic E-state index is -0.605. The average Bonchev–Trinajstić information content (AvgIpc) is 3.00. The molecule has 1 atom stereocenters. The van der Waals surface area contributed by atoms with Gasteiger partial charge in [0, 0.05) is 43.1 Å². The summed E-state index contributed by atoms with van der Waals surface area (Å²) in [5.74, 6) is 0.778. The number of anilines is 1. The van der Waals surface area contributed by atoms with Gasteiger partial charge in [0.05, 0.1) is 4.92 Å². The number of hydrogen-bond donors (Lipinski definition) is 1. The van der Waals surface area contributed by atoms with Gasteiger partial charge in [-0.2, -0.15) is 0 Å². The quantitative estimate of drug-likeness (QED) is 0.636. The van der Waals surface area contributed by atoms with Gasteiger partial charge in [0.15, 0.2) is 0 Å². The molecular formula is C16H19BrN4O3. The van der Waals surface area contributed by atoms with Crippen molar-refractivity contribution in [2.75, 3.05) is 18.0 Å². The number of aliphatic hydroxyl groups excluding tert-OH is 1. The van der Waals surface area contributed by atoms with Gasteiger partial charge in [-0.3, -0.25) is 10.1 Å². The maximum absolute atomic E-state index is 11.3. The smallest absolute Gasteiger partial charge is 0.293 e. The van der Waals surface area contributed by atoms with Crippen molar-refractivity contribution in [2.45, 2.75) is 18.9 Å². The molecule has 1 saturated heterocycles. The van der Waals surface area contributed by atoms with Crippen LogP contribution in [0.5, 0.6) is 0 Å². The molecule has 8 heteroatoms. The van der Waals surface area contributed by atoms with Crippen molar-refractivity contribution >= 4 is 27.3 Å². The van der Waals surface area contributed by atoms with E-state index in [-0.39, 0.29) is 16.5 Å². The Morgan fingerprint density at radius 1 is 1.42 bits per heavy atom. The highest BCUT2D eigenvalue weighted by molar-refractivity contribution is 9.10. The highest BCUT2D eigenvalue weighted by Gasteiger charge is 2.30. The summed E-state index contributed by atoms with van der Waals surface area (Å²) in [6.07, 6.45) is 4.42. The van der Waals surface area contributed by atoms with E-state index >= 15 is 0 Å². The zero-order valence-corrected chi connectivity index (χ0v) is 14.9. The molecule has 0 bridgehead atoms. The number of rotatable bonds is 4. The van der Waals surface area contributed by atoms with E-state index in [9.17, 15) is 15.2 Å².